The van der Waals surface area contributed by atoms with E-state index in [0.29, 0.717) is 12.3 Å². The number of benzene rings is 1. The molecule has 1 aromatic carbocycles. The van der Waals surface area contributed by atoms with E-state index in [1.165, 1.54) is 0 Å². The van der Waals surface area contributed by atoms with Crippen molar-refractivity contribution in [2.45, 2.75) is 13.0 Å². The molecular formula is C13H16BrN3O. The molecule has 0 fully saturated rings. The summed E-state index contributed by atoms with van der Waals surface area (Å²) in [6.45, 7) is 1.48. The minimum Gasteiger partial charge on any atom is -0.508 e. The van der Waals surface area contributed by atoms with Gasteiger partial charge in [-0.3, -0.25) is 0 Å². The van der Waals surface area contributed by atoms with Crippen molar-refractivity contribution in [3.63, 3.8) is 0 Å². The van der Waals surface area contributed by atoms with Crippen LogP contribution >= 0.6 is 15.9 Å². The van der Waals surface area contributed by atoms with Crippen molar-refractivity contribution in [3.05, 3.63) is 46.5 Å². The van der Waals surface area contributed by atoms with Crippen molar-refractivity contribution >= 4 is 15.9 Å². The maximum atomic E-state index is 9.69. The second kappa shape index (κ2) is 6.02. The minimum atomic E-state index is 0.322. The Hall–Kier alpha value is -1.33. The molecule has 0 amide bonds. The summed E-state index contributed by atoms with van der Waals surface area (Å²) in [6, 6.07) is 5.44. The fourth-order valence-corrected chi connectivity index (χ4v) is 2.16. The van der Waals surface area contributed by atoms with Crippen LogP contribution in [0.4, 0.5) is 0 Å². The Morgan fingerprint density at radius 1 is 1.44 bits per heavy atom. The Labute approximate surface area is 115 Å². The number of rotatable bonds is 5. The van der Waals surface area contributed by atoms with E-state index in [1.807, 2.05) is 29.9 Å². The molecule has 18 heavy (non-hydrogen) atoms. The molecule has 0 bridgehead atoms. The molecule has 0 aliphatic rings. The van der Waals surface area contributed by atoms with Gasteiger partial charge in [0.1, 0.15) is 11.6 Å². The van der Waals surface area contributed by atoms with E-state index < -0.39 is 0 Å². The third-order valence-electron chi connectivity index (χ3n) is 2.80. The fraction of sp³-hybridized carbons (Fsp3) is 0.308. The van der Waals surface area contributed by atoms with E-state index >= 15 is 0 Å². The van der Waals surface area contributed by atoms with Crippen LogP contribution < -0.4 is 5.32 Å². The number of imidazole rings is 1. The standard InChI is InChI=1S/C13H16BrN3O/c1-17-7-6-16-13(17)4-5-15-9-10-8-11(14)2-3-12(10)18/h2-3,6-8,15,18H,4-5,9H2,1H3. The smallest absolute Gasteiger partial charge is 0.120 e. The highest BCUT2D eigenvalue weighted by Crippen LogP contribution is 2.21. The molecular weight excluding hydrogens is 294 g/mol. The lowest BCUT2D eigenvalue weighted by Gasteiger charge is -2.07. The number of aryl methyl sites for hydroxylation is 1. The van der Waals surface area contributed by atoms with Crippen LogP contribution in [0.15, 0.2) is 35.1 Å². The summed E-state index contributed by atoms with van der Waals surface area (Å²) >= 11 is 3.39. The molecule has 2 aromatic rings. The topological polar surface area (TPSA) is 50.1 Å². The fourth-order valence-electron chi connectivity index (χ4n) is 1.76. The molecule has 1 heterocycles. The van der Waals surface area contributed by atoms with Crippen LogP contribution in [0.5, 0.6) is 5.75 Å². The van der Waals surface area contributed by atoms with Crippen LogP contribution in [0.3, 0.4) is 0 Å². The average molecular weight is 310 g/mol. The Bertz CT molecular complexity index is 525. The van der Waals surface area contributed by atoms with Crippen molar-refractivity contribution in [2.24, 2.45) is 7.05 Å². The van der Waals surface area contributed by atoms with Gasteiger partial charge in [0.2, 0.25) is 0 Å². The van der Waals surface area contributed by atoms with Crippen LogP contribution in [-0.2, 0) is 20.0 Å². The van der Waals surface area contributed by atoms with E-state index in [9.17, 15) is 5.11 Å². The second-order valence-electron chi connectivity index (χ2n) is 4.15. The van der Waals surface area contributed by atoms with Gasteiger partial charge in [0.15, 0.2) is 0 Å². The van der Waals surface area contributed by atoms with Gasteiger partial charge < -0.3 is 15.0 Å². The van der Waals surface area contributed by atoms with Crippen LogP contribution in [0.2, 0.25) is 0 Å². The quantitative estimate of drug-likeness (QED) is 0.833. The Morgan fingerprint density at radius 3 is 3.00 bits per heavy atom. The monoisotopic (exact) mass is 309 g/mol. The SMILES string of the molecule is Cn1ccnc1CCNCc1cc(Br)ccc1O. The van der Waals surface area contributed by atoms with E-state index in [-0.39, 0.29) is 0 Å². The van der Waals surface area contributed by atoms with Crippen LogP contribution in [0, 0.1) is 0 Å². The molecule has 0 aliphatic heterocycles. The van der Waals surface area contributed by atoms with E-state index in [2.05, 4.69) is 26.2 Å². The van der Waals surface area contributed by atoms with Crippen LogP contribution in [-0.4, -0.2) is 21.2 Å². The maximum absolute atomic E-state index is 9.69. The molecule has 0 spiro atoms. The summed E-state index contributed by atoms with van der Waals surface area (Å²) in [7, 11) is 1.99. The molecule has 0 radical (unpaired) electrons. The lowest BCUT2D eigenvalue weighted by atomic mass is 10.2. The number of aromatic hydroxyl groups is 1. The molecule has 0 unspecified atom stereocenters. The number of phenols is 1. The highest BCUT2D eigenvalue weighted by atomic mass is 79.9. The molecule has 96 valence electrons. The summed E-state index contributed by atoms with van der Waals surface area (Å²) in [4.78, 5) is 4.26. The molecule has 0 aliphatic carbocycles. The lowest BCUT2D eigenvalue weighted by molar-refractivity contribution is 0.464. The zero-order chi connectivity index (χ0) is 13.0. The first kappa shape index (κ1) is 13.1. The number of nitrogens with one attached hydrogen (secondary N) is 1. The first-order valence-electron chi connectivity index (χ1n) is 5.81. The largest absolute Gasteiger partial charge is 0.508 e. The summed E-state index contributed by atoms with van der Waals surface area (Å²) in [6.07, 6.45) is 4.61. The van der Waals surface area contributed by atoms with E-state index in [4.69, 9.17) is 0 Å². The summed E-state index contributed by atoms with van der Waals surface area (Å²) in [5.41, 5.74) is 0.893. The number of halogens is 1. The van der Waals surface area contributed by atoms with Crippen molar-refractivity contribution in [1.29, 1.82) is 0 Å². The number of hydrogen-bond acceptors (Lipinski definition) is 3. The van der Waals surface area contributed by atoms with Gasteiger partial charge >= 0.3 is 0 Å². The van der Waals surface area contributed by atoms with E-state index in [1.54, 1.807) is 12.3 Å². The first-order chi connectivity index (χ1) is 8.66. The maximum Gasteiger partial charge on any atom is 0.120 e. The van der Waals surface area contributed by atoms with Crippen LogP contribution in [0.25, 0.3) is 0 Å². The predicted molar refractivity (Wildman–Crippen MR) is 74.4 cm³/mol. The highest BCUT2D eigenvalue weighted by Gasteiger charge is 2.02. The third-order valence-corrected chi connectivity index (χ3v) is 3.30. The highest BCUT2D eigenvalue weighted by molar-refractivity contribution is 9.10. The molecule has 0 saturated heterocycles. The molecule has 0 atom stereocenters. The zero-order valence-electron chi connectivity index (χ0n) is 10.2. The Balaban J connectivity index is 1.82. The molecule has 2 rings (SSSR count). The molecule has 2 N–H and O–H groups in total. The molecule has 1 aromatic heterocycles. The lowest BCUT2D eigenvalue weighted by Crippen LogP contribution is -2.18. The Morgan fingerprint density at radius 2 is 2.28 bits per heavy atom. The second-order valence-corrected chi connectivity index (χ2v) is 5.07. The number of hydrogen-bond donors (Lipinski definition) is 2. The Kier molecular flexibility index (Phi) is 4.38. The number of phenolic OH excluding ortho intramolecular Hbond substituents is 1. The van der Waals surface area contributed by atoms with Crippen LogP contribution in [0.1, 0.15) is 11.4 Å². The van der Waals surface area contributed by atoms with Crippen molar-refractivity contribution in [1.82, 2.24) is 14.9 Å². The van der Waals surface area contributed by atoms with Gasteiger partial charge in [-0.15, -0.1) is 0 Å². The first-order valence-corrected chi connectivity index (χ1v) is 6.60. The van der Waals surface area contributed by atoms with Crippen molar-refractivity contribution in [3.8, 4) is 5.75 Å². The van der Waals surface area contributed by atoms with Crippen molar-refractivity contribution < 1.29 is 5.11 Å². The molecule has 4 nitrogen and oxygen atoms in total. The van der Waals surface area contributed by atoms with Gasteiger partial charge in [0, 0.05) is 49.0 Å². The average Bonchev–Trinajstić information content (AvgIpc) is 2.75. The number of aromatic nitrogens is 2. The summed E-state index contributed by atoms with van der Waals surface area (Å²) in [5, 5.41) is 13.0. The third kappa shape index (κ3) is 3.34. The van der Waals surface area contributed by atoms with E-state index in [0.717, 1.165) is 28.8 Å². The van der Waals surface area contributed by atoms with Crippen molar-refractivity contribution in [2.75, 3.05) is 6.54 Å². The molecule has 0 saturated carbocycles. The van der Waals surface area contributed by atoms with Gasteiger partial charge in [0.05, 0.1) is 0 Å². The van der Waals surface area contributed by atoms with Gasteiger partial charge in [0.25, 0.3) is 0 Å². The predicted octanol–water partition coefficient (Wildman–Crippen LogP) is 2.22. The summed E-state index contributed by atoms with van der Waals surface area (Å²) < 4.78 is 2.99. The zero-order valence-corrected chi connectivity index (χ0v) is 11.8. The number of nitrogens with zero attached hydrogens (tertiary/aromatic N) is 2. The molecule has 5 heteroatoms. The minimum absolute atomic E-state index is 0.322. The normalized spacial score (nSPS) is 10.8. The van der Waals surface area contributed by atoms with Gasteiger partial charge in [-0.2, -0.15) is 0 Å². The van der Waals surface area contributed by atoms with Gasteiger partial charge in [-0.1, -0.05) is 15.9 Å². The van der Waals surface area contributed by atoms with Gasteiger partial charge in [-0.05, 0) is 18.2 Å². The van der Waals surface area contributed by atoms with Gasteiger partial charge in [-0.25, -0.2) is 4.98 Å². The summed E-state index contributed by atoms with van der Waals surface area (Å²) in [5.74, 6) is 1.38.